The monoisotopic (exact) mass is 317 g/mol. The standard InChI is InChI=1S/C11H16BrN3OS/c1-3-15-11(2,10(13)16)7-17-9-5-4-8(12)6-14-9/h4-6,15H,3,7H2,1-2H3,(H2,13,16). The number of carbonyl (C=O) groups is 1. The van der Waals surface area contributed by atoms with Gasteiger partial charge in [-0.05, 0) is 41.5 Å². The third kappa shape index (κ3) is 4.29. The molecule has 0 aliphatic rings. The van der Waals surface area contributed by atoms with E-state index in [1.807, 2.05) is 26.0 Å². The second-order valence-corrected chi connectivity index (χ2v) is 5.74. The number of carbonyl (C=O) groups excluding carboxylic acids is 1. The molecule has 0 saturated heterocycles. The van der Waals surface area contributed by atoms with Crippen LogP contribution in [0.4, 0.5) is 0 Å². The van der Waals surface area contributed by atoms with Gasteiger partial charge >= 0.3 is 0 Å². The highest BCUT2D eigenvalue weighted by Crippen LogP contribution is 2.22. The zero-order valence-electron chi connectivity index (χ0n) is 9.87. The first-order valence-corrected chi connectivity index (χ1v) is 7.05. The van der Waals surface area contributed by atoms with Crippen LogP contribution in [0.1, 0.15) is 13.8 Å². The molecule has 4 nitrogen and oxygen atoms in total. The SMILES string of the molecule is CCNC(C)(CSc1ccc(Br)cn1)C(N)=O. The lowest BCUT2D eigenvalue weighted by atomic mass is 10.1. The molecule has 0 radical (unpaired) electrons. The smallest absolute Gasteiger partial charge is 0.238 e. The lowest BCUT2D eigenvalue weighted by Gasteiger charge is -2.26. The minimum Gasteiger partial charge on any atom is -0.368 e. The fourth-order valence-corrected chi connectivity index (χ4v) is 2.47. The van der Waals surface area contributed by atoms with Crippen LogP contribution in [0.15, 0.2) is 27.8 Å². The third-order valence-electron chi connectivity index (χ3n) is 2.32. The van der Waals surface area contributed by atoms with Crippen molar-refractivity contribution in [2.24, 2.45) is 5.73 Å². The highest BCUT2D eigenvalue weighted by atomic mass is 79.9. The van der Waals surface area contributed by atoms with Gasteiger partial charge in [0, 0.05) is 16.4 Å². The molecule has 17 heavy (non-hydrogen) atoms. The van der Waals surface area contributed by atoms with Crippen LogP contribution in [-0.2, 0) is 4.79 Å². The molecule has 1 unspecified atom stereocenters. The van der Waals surface area contributed by atoms with Crippen molar-refractivity contribution in [3.05, 3.63) is 22.8 Å². The van der Waals surface area contributed by atoms with Gasteiger partial charge in [0.2, 0.25) is 5.91 Å². The van der Waals surface area contributed by atoms with Gasteiger partial charge < -0.3 is 11.1 Å². The number of rotatable bonds is 6. The van der Waals surface area contributed by atoms with Gasteiger partial charge in [-0.2, -0.15) is 0 Å². The number of amides is 1. The van der Waals surface area contributed by atoms with E-state index in [2.05, 4.69) is 26.2 Å². The lowest BCUT2D eigenvalue weighted by molar-refractivity contribution is -0.122. The summed E-state index contributed by atoms with van der Waals surface area (Å²) in [6, 6.07) is 3.83. The molecule has 0 saturated carbocycles. The largest absolute Gasteiger partial charge is 0.368 e. The van der Waals surface area contributed by atoms with Crippen LogP contribution in [-0.4, -0.2) is 28.7 Å². The summed E-state index contributed by atoms with van der Waals surface area (Å²) < 4.78 is 0.936. The maximum absolute atomic E-state index is 11.4. The highest BCUT2D eigenvalue weighted by Gasteiger charge is 2.30. The summed E-state index contributed by atoms with van der Waals surface area (Å²) in [5.74, 6) is 0.217. The fraction of sp³-hybridized carbons (Fsp3) is 0.455. The summed E-state index contributed by atoms with van der Waals surface area (Å²) in [6.45, 7) is 4.46. The van der Waals surface area contributed by atoms with Crippen LogP contribution in [0.2, 0.25) is 0 Å². The van der Waals surface area contributed by atoms with E-state index in [-0.39, 0.29) is 5.91 Å². The quantitative estimate of drug-likeness (QED) is 0.785. The average Bonchev–Trinajstić information content (AvgIpc) is 2.28. The normalized spacial score (nSPS) is 14.3. The van der Waals surface area contributed by atoms with E-state index in [0.717, 1.165) is 9.50 Å². The van der Waals surface area contributed by atoms with Gasteiger partial charge in [0.05, 0.1) is 5.03 Å². The van der Waals surface area contributed by atoms with Gasteiger partial charge in [-0.25, -0.2) is 4.98 Å². The predicted octanol–water partition coefficient (Wildman–Crippen LogP) is 1.79. The second kappa shape index (κ2) is 6.37. The molecular formula is C11H16BrN3OS. The van der Waals surface area contributed by atoms with Crippen molar-refractivity contribution in [2.75, 3.05) is 12.3 Å². The van der Waals surface area contributed by atoms with Crippen LogP contribution in [0.25, 0.3) is 0 Å². The first kappa shape index (κ1) is 14.5. The molecule has 0 fully saturated rings. The molecule has 3 N–H and O–H groups in total. The molecule has 1 aromatic rings. The number of nitrogens with zero attached hydrogens (tertiary/aromatic N) is 1. The number of nitrogens with two attached hydrogens (primary N) is 1. The van der Waals surface area contributed by atoms with E-state index < -0.39 is 5.54 Å². The van der Waals surface area contributed by atoms with Crippen LogP contribution in [0.3, 0.4) is 0 Å². The molecule has 6 heteroatoms. The first-order chi connectivity index (χ1) is 7.98. The van der Waals surface area contributed by atoms with E-state index in [9.17, 15) is 4.79 Å². The number of aromatic nitrogens is 1. The van der Waals surface area contributed by atoms with Gasteiger partial charge in [0.15, 0.2) is 0 Å². The lowest BCUT2D eigenvalue weighted by Crippen LogP contribution is -2.55. The van der Waals surface area contributed by atoms with E-state index in [0.29, 0.717) is 12.3 Å². The number of primary amides is 1. The van der Waals surface area contributed by atoms with Crippen LogP contribution in [0.5, 0.6) is 0 Å². The average molecular weight is 318 g/mol. The number of likely N-dealkylation sites (N-methyl/N-ethyl adjacent to an activating group) is 1. The summed E-state index contributed by atoms with van der Waals surface area (Å²) in [5, 5.41) is 3.98. The molecule has 1 rings (SSSR count). The van der Waals surface area contributed by atoms with Crippen molar-refractivity contribution in [1.29, 1.82) is 0 Å². The molecule has 0 spiro atoms. The van der Waals surface area contributed by atoms with Crippen molar-refractivity contribution in [3.8, 4) is 0 Å². The first-order valence-electron chi connectivity index (χ1n) is 5.27. The minimum atomic E-state index is -0.700. The number of nitrogens with one attached hydrogen (secondary N) is 1. The van der Waals surface area contributed by atoms with Gasteiger partial charge in [0.25, 0.3) is 0 Å². The highest BCUT2D eigenvalue weighted by molar-refractivity contribution is 9.10. The molecule has 0 aromatic carbocycles. The Hall–Kier alpha value is -0.590. The Morgan fingerprint density at radius 3 is 2.82 bits per heavy atom. The Kier molecular flexibility index (Phi) is 5.42. The number of hydrogen-bond acceptors (Lipinski definition) is 4. The molecular weight excluding hydrogens is 302 g/mol. The van der Waals surface area contributed by atoms with Crippen molar-refractivity contribution < 1.29 is 4.79 Å². The third-order valence-corrected chi connectivity index (χ3v) is 4.05. The van der Waals surface area contributed by atoms with Crippen molar-refractivity contribution in [3.63, 3.8) is 0 Å². The molecule has 0 bridgehead atoms. The molecule has 1 heterocycles. The summed E-state index contributed by atoms with van der Waals surface area (Å²) in [6.07, 6.45) is 1.73. The predicted molar refractivity (Wildman–Crippen MR) is 73.9 cm³/mol. The molecule has 94 valence electrons. The summed E-state index contributed by atoms with van der Waals surface area (Å²) in [4.78, 5) is 15.6. The summed E-state index contributed by atoms with van der Waals surface area (Å²) >= 11 is 4.83. The Morgan fingerprint density at radius 2 is 2.35 bits per heavy atom. The van der Waals surface area contributed by atoms with Crippen LogP contribution in [0, 0.1) is 0 Å². The number of hydrogen-bond donors (Lipinski definition) is 2. The van der Waals surface area contributed by atoms with Gasteiger partial charge in [0.1, 0.15) is 5.54 Å². The van der Waals surface area contributed by atoms with Crippen molar-refractivity contribution >= 4 is 33.6 Å². The Labute approximate surface area is 114 Å². The molecule has 0 aliphatic carbocycles. The maximum Gasteiger partial charge on any atom is 0.238 e. The maximum atomic E-state index is 11.4. The number of thioether (sulfide) groups is 1. The van der Waals surface area contributed by atoms with E-state index in [4.69, 9.17) is 5.73 Å². The number of halogens is 1. The van der Waals surface area contributed by atoms with Gasteiger partial charge in [-0.15, -0.1) is 11.8 Å². The Balaban J connectivity index is 2.64. The summed E-state index contributed by atoms with van der Waals surface area (Å²) in [5.41, 5.74) is 4.70. The molecule has 1 atom stereocenters. The Morgan fingerprint density at radius 1 is 1.65 bits per heavy atom. The van der Waals surface area contributed by atoms with E-state index in [1.165, 1.54) is 11.8 Å². The van der Waals surface area contributed by atoms with E-state index >= 15 is 0 Å². The van der Waals surface area contributed by atoms with Crippen LogP contribution < -0.4 is 11.1 Å². The van der Waals surface area contributed by atoms with E-state index in [1.54, 1.807) is 6.20 Å². The van der Waals surface area contributed by atoms with Gasteiger partial charge in [-0.1, -0.05) is 6.92 Å². The molecule has 1 aromatic heterocycles. The topological polar surface area (TPSA) is 68.0 Å². The van der Waals surface area contributed by atoms with Crippen LogP contribution >= 0.6 is 27.7 Å². The molecule has 0 aliphatic heterocycles. The van der Waals surface area contributed by atoms with Crippen molar-refractivity contribution in [2.45, 2.75) is 24.4 Å². The second-order valence-electron chi connectivity index (χ2n) is 3.83. The zero-order chi connectivity index (χ0) is 12.9. The minimum absolute atomic E-state index is 0.344. The summed E-state index contributed by atoms with van der Waals surface area (Å²) in [7, 11) is 0. The zero-order valence-corrected chi connectivity index (χ0v) is 12.3. The van der Waals surface area contributed by atoms with Crippen molar-refractivity contribution in [1.82, 2.24) is 10.3 Å². The van der Waals surface area contributed by atoms with Gasteiger partial charge in [-0.3, -0.25) is 4.79 Å². The fourth-order valence-electron chi connectivity index (χ4n) is 1.27. The Bertz CT molecular complexity index is 385. The molecule has 1 amide bonds. The number of pyridine rings is 1.